The van der Waals surface area contributed by atoms with Crippen LogP contribution in [-0.2, 0) is 11.3 Å². The third kappa shape index (κ3) is 2.80. The van der Waals surface area contributed by atoms with E-state index in [-0.39, 0.29) is 24.6 Å². The van der Waals surface area contributed by atoms with Crippen LogP contribution in [0.5, 0.6) is 0 Å². The van der Waals surface area contributed by atoms with E-state index in [9.17, 15) is 9.59 Å². The zero-order valence-corrected chi connectivity index (χ0v) is 10.5. The van der Waals surface area contributed by atoms with Gasteiger partial charge in [0.1, 0.15) is 6.54 Å². The van der Waals surface area contributed by atoms with E-state index >= 15 is 0 Å². The predicted octanol–water partition coefficient (Wildman–Crippen LogP) is 1.40. The Labute approximate surface area is 107 Å². The number of ketones is 1. The molecule has 6 nitrogen and oxygen atoms in total. The average molecular weight is 265 g/mol. The molecule has 2 aromatic heterocycles. The van der Waals surface area contributed by atoms with E-state index in [1.54, 1.807) is 13.0 Å². The number of carbonyl (C=O) groups is 2. The fourth-order valence-corrected chi connectivity index (χ4v) is 1.99. The summed E-state index contributed by atoms with van der Waals surface area (Å²) in [6.45, 7) is 2.05. The van der Waals surface area contributed by atoms with Crippen LogP contribution in [0.2, 0.25) is 0 Å². The summed E-state index contributed by atoms with van der Waals surface area (Å²) in [6, 6.07) is 3.56. The quantitative estimate of drug-likeness (QED) is 0.603. The number of carbonyl (C=O) groups excluding carboxylic acids is 2. The summed E-state index contributed by atoms with van der Waals surface area (Å²) >= 11 is 1.37. The Morgan fingerprint density at radius 2 is 2.33 bits per heavy atom. The van der Waals surface area contributed by atoms with E-state index in [4.69, 9.17) is 4.74 Å². The molecular formula is C11H11N3O3S. The Balaban J connectivity index is 2.03. The molecule has 0 radical (unpaired) electrons. The normalized spacial score (nSPS) is 10.3. The molecule has 7 heteroatoms. The molecule has 94 valence electrons. The van der Waals surface area contributed by atoms with E-state index in [2.05, 4.69) is 10.3 Å². The molecule has 0 aliphatic heterocycles. The summed E-state index contributed by atoms with van der Waals surface area (Å²) < 4.78 is 6.11. The number of aromatic nitrogens is 3. The number of nitrogens with zero attached hydrogens (tertiary/aromatic N) is 3. The maximum absolute atomic E-state index is 11.8. The summed E-state index contributed by atoms with van der Waals surface area (Å²) in [5.74, 6) is -0.599. The summed E-state index contributed by atoms with van der Waals surface area (Å²) in [5.41, 5.74) is 0.107. The molecule has 0 N–H and O–H groups in total. The topological polar surface area (TPSA) is 74.1 Å². The highest BCUT2D eigenvalue weighted by atomic mass is 32.1. The van der Waals surface area contributed by atoms with Gasteiger partial charge in [-0.15, -0.1) is 16.4 Å². The minimum absolute atomic E-state index is 0.0624. The number of hydrogen-bond acceptors (Lipinski definition) is 6. The predicted molar refractivity (Wildman–Crippen MR) is 64.6 cm³/mol. The van der Waals surface area contributed by atoms with Gasteiger partial charge in [0.2, 0.25) is 0 Å². The van der Waals surface area contributed by atoms with Gasteiger partial charge in [-0.25, -0.2) is 9.48 Å². The van der Waals surface area contributed by atoms with Gasteiger partial charge in [0.15, 0.2) is 11.5 Å². The summed E-state index contributed by atoms with van der Waals surface area (Å²) in [4.78, 5) is 23.8. The third-order valence-corrected chi connectivity index (χ3v) is 3.04. The molecule has 0 saturated heterocycles. The van der Waals surface area contributed by atoms with Gasteiger partial charge < -0.3 is 4.74 Å². The second kappa shape index (κ2) is 5.54. The van der Waals surface area contributed by atoms with Gasteiger partial charge in [0.05, 0.1) is 17.7 Å². The van der Waals surface area contributed by atoms with E-state index in [1.807, 2.05) is 11.4 Å². The van der Waals surface area contributed by atoms with Crippen LogP contribution in [-0.4, -0.2) is 33.4 Å². The molecule has 0 saturated carbocycles. The van der Waals surface area contributed by atoms with Crippen molar-refractivity contribution in [3.05, 3.63) is 34.3 Å². The molecular weight excluding hydrogens is 254 g/mol. The second-order valence-electron chi connectivity index (χ2n) is 3.42. The number of ether oxygens (including phenoxy) is 1. The van der Waals surface area contributed by atoms with Gasteiger partial charge >= 0.3 is 5.97 Å². The van der Waals surface area contributed by atoms with Crippen molar-refractivity contribution < 1.29 is 14.3 Å². The minimum atomic E-state index is -0.535. The molecule has 0 unspecified atom stereocenters. The first-order chi connectivity index (χ1) is 8.70. The smallest absolute Gasteiger partial charge is 0.360 e. The Hall–Kier alpha value is -2.02. The van der Waals surface area contributed by atoms with Crippen LogP contribution in [0.4, 0.5) is 0 Å². The largest absolute Gasteiger partial charge is 0.461 e. The molecule has 0 fully saturated rings. The molecule has 0 aliphatic carbocycles. The highest BCUT2D eigenvalue weighted by Gasteiger charge is 2.14. The average Bonchev–Trinajstić information content (AvgIpc) is 2.99. The third-order valence-electron chi connectivity index (χ3n) is 2.12. The maximum Gasteiger partial charge on any atom is 0.360 e. The van der Waals surface area contributed by atoms with Crippen LogP contribution in [0, 0.1) is 0 Å². The first kappa shape index (κ1) is 12.4. The Morgan fingerprint density at radius 1 is 1.50 bits per heavy atom. The van der Waals surface area contributed by atoms with Crippen LogP contribution >= 0.6 is 11.3 Å². The zero-order chi connectivity index (χ0) is 13.0. The van der Waals surface area contributed by atoms with Crippen LogP contribution < -0.4 is 0 Å². The molecule has 2 heterocycles. The van der Waals surface area contributed by atoms with Crippen molar-refractivity contribution >= 4 is 23.1 Å². The molecule has 0 spiro atoms. The maximum atomic E-state index is 11.8. The number of thiophene rings is 1. The highest BCUT2D eigenvalue weighted by Crippen LogP contribution is 2.10. The lowest BCUT2D eigenvalue weighted by atomic mass is 10.3. The minimum Gasteiger partial charge on any atom is -0.461 e. The Morgan fingerprint density at radius 3 is 3.00 bits per heavy atom. The molecule has 0 bridgehead atoms. The second-order valence-corrected chi connectivity index (χ2v) is 4.37. The molecule has 18 heavy (non-hydrogen) atoms. The SMILES string of the molecule is CCOC(=O)c1cn(CC(=O)c2cccs2)nn1. The lowest BCUT2D eigenvalue weighted by Gasteiger charge is -1.97. The van der Waals surface area contributed by atoms with E-state index in [0.29, 0.717) is 4.88 Å². The highest BCUT2D eigenvalue weighted by molar-refractivity contribution is 7.12. The Bertz CT molecular complexity index is 548. The van der Waals surface area contributed by atoms with Gasteiger partial charge in [0.25, 0.3) is 0 Å². The summed E-state index contributed by atoms with van der Waals surface area (Å²) in [6.07, 6.45) is 1.41. The van der Waals surface area contributed by atoms with Crippen LogP contribution in [0.3, 0.4) is 0 Å². The van der Waals surface area contributed by atoms with E-state index < -0.39 is 5.97 Å². The lowest BCUT2D eigenvalue weighted by Crippen LogP contribution is -2.09. The van der Waals surface area contributed by atoms with Gasteiger partial charge in [-0.1, -0.05) is 11.3 Å². The van der Waals surface area contributed by atoms with E-state index in [1.165, 1.54) is 22.2 Å². The van der Waals surface area contributed by atoms with Gasteiger partial charge in [0, 0.05) is 0 Å². The standard InChI is InChI=1S/C11H11N3O3S/c1-2-17-11(16)8-6-14(13-12-8)7-9(15)10-4-3-5-18-10/h3-6H,2,7H2,1H3. The van der Waals surface area contributed by atoms with Gasteiger partial charge in [-0.05, 0) is 18.4 Å². The van der Waals surface area contributed by atoms with Crippen molar-refractivity contribution in [3.63, 3.8) is 0 Å². The first-order valence-corrected chi connectivity index (χ1v) is 6.22. The zero-order valence-electron chi connectivity index (χ0n) is 9.70. The fraction of sp³-hybridized carbons (Fsp3) is 0.273. The summed E-state index contributed by atoms with van der Waals surface area (Å²) in [5, 5.41) is 9.21. The number of hydrogen-bond donors (Lipinski definition) is 0. The molecule has 0 aromatic carbocycles. The van der Waals surface area contributed by atoms with Crippen molar-refractivity contribution in [2.45, 2.75) is 13.5 Å². The van der Waals surface area contributed by atoms with Crippen molar-refractivity contribution in [1.29, 1.82) is 0 Å². The van der Waals surface area contributed by atoms with Crippen molar-refractivity contribution in [2.24, 2.45) is 0 Å². The van der Waals surface area contributed by atoms with E-state index in [0.717, 1.165) is 0 Å². The molecule has 0 aliphatic rings. The Kier molecular flexibility index (Phi) is 3.83. The fourth-order valence-electron chi connectivity index (χ4n) is 1.34. The number of esters is 1. The number of rotatable bonds is 5. The van der Waals surface area contributed by atoms with Crippen LogP contribution in [0.25, 0.3) is 0 Å². The summed E-state index contributed by atoms with van der Waals surface area (Å²) in [7, 11) is 0. The molecule has 2 aromatic rings. The molecule has 2 rings (SSSR count). The van der Waals surface area contributed by atoms with Gasteiger partial charge in [-0.3, -0.25) is 4.79 Å². The molecule has 0 atom stereocenters. The number of Topliss-reactive ketones (excluding diaryl/α,β-unsaturated/α-hetero) is 1. The van der Waals surface area contributed by atoms with Crippen LogP contribution in [0.1, 0.15) is 27.1 Å². The monoisotopic (exact) mass is 265 g/mol. The molecule has 0 amide bonds. The first-order valence-electron chi connectivity index (χ1n) is 5.34. The van der Waals surface area contributed by atoms with Crippen LogP contribution in [0.15, 0.2) is 23.7 Å². The van der Waals surface area contributed by atoms with Crippen molar-refractivity contribution in [1.82, 2.24) is 15.0 Å². The lowest BCUT2D eigenvalue weighted by molar-refractivity contribution is 0.0519. The van der Waals surface area contributed by atoms with Gasteiger partial charge in [-0.2, -0.15) is 0 Å². The van der Waals surface area contributed by atoms with Crippen molar-refractivity contribution in [3.8, 4) is 0 Å². The van der Waals surface area contributed by atoms with Crippen molar-refractivity contribution in [2.75, 3.05) is 6.61 Å².